The molecule has 0 N–H and O–H groups in total. The molecule has 0 heterocycles. The van der Waals surface area contributed by atoms with E-state index in [-0.39, 0.29) is 5.41 Å². The summed E-state index contributed by atoms with van der Waals surface area (Å²) in [6.45, 7) is 2.14. The van der Waals surface area contributed by atoms with Crippen molar-refractivity contribution in [3.05, 3.63) is 228 Å². The van der Waals surface area contributed by atoms with E-state index in [0.29, 0.717) is 0 Å². The van der Waals surface area contributed by atoms with Crippen molar-refractivity contribution >= 4 is 22.6 Å². The largest absolute Gasteiger partial charge is 0.310 e. The van der Waals surface area contributed by atoms with Crippen molar-refractivity contribution in [2.24, 2.45) is 0 Å². The molecule has 0 fully saturated rings. The molecule has 2 aliphatic carbocycles. The molecule has 0 atom stereocenters. The smallest absolute Gasteiger partial charge is 0.0677 e. The SMILES string of the molecule is Cc1ccc(-c2ccc(N(c3ccc(-c4ccccc4)cc3)c3ccc4c(c3)C(c3ccccc3)(c3ccccc3)C3=C4C=CCC3)cc2)cc1. The third-order valence-corrected chi connectivity index (χ3v) is 10.7. The van der Waals surface area contributed by atoms with Crippen molar-refractivity contribution < 1.29 is 0 Å². The summed E-state index contributed by atoms with van der Waals surface area (Å²) in [5.74, 6) is 0. The molecule has 244 valence electrons. The van der Waals surface area contributed by atoms with Gasteiger partial charge in [-0.1, -0.05) is 163 Å². The maximum Gasteiger partial charge on any atom is 0.0677 e. The van der Waals surface area contributed by atoms with Gasteiger partial charge in [-0.25, -0.2) is 0 Å². The minimum absolute atomic E-state index is 0.383. The molecule has 9 rings (SSSR count). The minimum atomic E-state index is -0.383. The van der Waals surface area contributed by atoms with Gasteiger partial charge >= 0.3 is 0 Å². The maximum atomic E-state index is 2.47. The zero-order chi connectivity index (χ0) is 34.2. The first-order valence-corrected chi connectivity index (χ1v) is 18.0. The first kappa shape index (κ1) is 30.8. The standard InChI is InChI=1S/C50H39N/c1-36-21-23-38(24-22-36)40-27-31-44(32-28-40)51(43-29-25-39(26-30-43)37-13-5-2-6-14-37)45-33-34-47-46-19-11-12-20-48(46)50(49(47)35-45,41-15-7-3-8-16-41)42-17-9-4-10-18-42/h2-11,13-19,21-35H,12,20H2,1H3. The van der Waals surface area contributed by atoms with Crippen LogP contribution in [0.1, 0.15) is 40.7 Å². The monoisotopic (exact) mass is 653 g/mol. The molecule has 0 spiro atoms. The van der Waals surface area contributed by atoms with Gasteiger partial charge in [-0.3, -0.25) is 0 Å². The molecule has 0 saturated carbocycles. The molecule has 1 nitrogen and oxygen atoms in total. The fourth-order valence-corrected chi connectivity index (χ4v) is 8.32. The lowest BCUT2D eigenvalue weighted by atomic mass is 9.65. The number of allylic oxidation sites excluding steroid dienone is 4. The van der Waals surface area contributed by atoms with Gasteiger partial charge in [0.2, 0.25) is 0 Å². The first-order chi connectivity index (χ1) is 25.2. The molecule has 51 heavy (non-hydrogen) atoms. The number of fused-ring (bicyclic) bond motifs is 2. The Morgan fingerprint density at radius 3 is 1.49 bits per heavy atom. The highest BCUT2D eigenvalue weighted by atomic mass is 15.1. The van der Waals surface area contributed by atoms with Gasteiger partial charge in [-0.2, -0.15) is 0 Å². The molecule has 7 aromatic carbocycles. The molecule has 0 aliphatic heterocycles. The van der Waals surface area contributed by atoms with E-state index in [9.17, 15) is 0 Å². The van der Waals surface area contributed by atoms with Crippen LogP contribution in [0, 0.1) is 6.92 Å². The van der Waals surface area contributed by atoms with Crippen LogP contribution in [0.3, 0.4) is 0 Å². The van der Waals surface area contributed by atoms with Gasteiger partial charge in [0.25, 0.3) is 0 Å². The van der Waals surface area contributed by atoms with Crippen molar-refractivity contribution in [3.8, 4) is 22.3 Å². The van der Waals surface area contributed by atoms with Crippen LogP contribution < -0.4 is 4.90 Å². The van der Waals surface area contributed by atoms with Gasteiger partial charge in [-0.15, -0.1) is 0 Å². The van der Waals surface area contributed by atoms with E-state index in [1.165, 1.54) is 61.2 Å². The van der Waals surface area contributed by atoms with Gasteiger partial charge in [0.15, 0.2) is 0 Å². The minimum Gasteiger partial charge on any atom is -0.310 e. The fraction of sp³-hybridized carbons (Fsp3) is 0.0800. The van der Waals surface area contributed by atoms with Crippen LogP contribution in [0.4, 0.5) is 17.1 Å². The third-order valence-electron chi connectivity index (χ3n) is 10.7. The molecule has 7 aromatic rings. The average Bonchev–Trinajstić information content (AvgIpc) is 3.50. The molecule has 0 bridgehead atoms. The van der Waals surface area contributed by atoms with Crippen molar-refractivity contribution in [2.45, 2.75) is 25.2 Å². The highest BCUT2D eigenvalue weighted by molar-refractivity contribution is 5.93. The zero-order valence-corrected chi connectivity index (χ0v) is 28.8. The lowest BCUT2D eigenvalue weighted by Gasteiger charge is -2.37. The van der Waals surface area contributed by atoms with Crippen LogP contribution in [0.15, 0.2) is 200 Å². The fourth-order valence-electron chi connectivity index (χ4n) is 8.32. The van der Waals surface area contributed by atoms with Crippen LogP contribution in [-0.4, -0.2) is 0 Å². The third kappa shape index (κ3) is 5.34. The van der Waals surface area contributed by atoms with Crippen molar-refractivity contribution in [1.29, 1.82) is 0 Å². The second-order valence-corrected chi connectivity index (χ2v) is 13.7. The Bertz CT molecular complexity index is 2330. The number of aryl methyl sites for hydroxylation is 1. The molecule has 2 aliphatic rings. The van der Waals surface area contributed by atoms with Crippen molar-refractivity contribution in [1.82, 2.24) is 0 Å². The summed E-state index contributed by atoms with van der Waals surface area (Å²) in [5.41, 5.74) is 17.3. The van der Waals surface area contributed by atoms with Gasteiger partial charge in [0, 0.05) is 17.1 Å². The second kappa shape index (κ2) is 12.9. The second-order valence-electron chi connectivity index (χ2n) is 13.7. The Morgan fingerprint density at radius 2 is 0.941 bits per heavy atom. The maximum absolute atomic E-state index is 2.47. The van der Waals surface area contributed by atoms with E-state index in [0.717, 1.165) is 29.9 Å². The van der Waals surface area contributed by atoms with E-state index in [1.807, 2.05) is 0 Å². The number of rotatable bonds is 7. The van der Waals surface area contributed by atoms with Crippen LogP contribution in [0.25, 0.3) is 27.8 Å². The quantitative estimate of drug-likeness (QED) is 0.165. The number of benzene rings is 7. The number of anilines is 3. The van der Waals surface area contributed by atoms with Crippen LogP contribution in [-0.2, 0) is 5.41 Å². The summed E-state index contributed by atoms with van der Waals surface area (Å²) in [7, 11) is 0. The molecule has 0 aromatic heterocycles. The lowest BCUT2D eigenvalue weighted by Crippen LogP contribution is -2.30. The zero-order valence-electron chi connectivity index (χ0n) is 28.8. The van der Waals surface area contributed by atoms with E-state index < -0.39 is 0 Å². The Hall–Kier alpha value is -6.18. The summed E-state index contributed by atoms with van der Waals surface area (Å²) in [6, 6.07) is 66.9. The van der Waals surface area contributed by atoms with E-state index >= 15 is 0 Å². The molecule has 1 heteroatoms. The summed E-state index contributed by atoms with van der Waals surface area (Å²) in [6.07, 6.45) is 6.80. The highest BCUT2D eigenvalue weighted by Gasteiger charge is 2.47. The van der Waals surface area contributed by atoms with E-state index in [4.69, 9.17) is 0 Å². The van der Waals surface area contributed by atoms with Crippen LogP contribution in [0.2, 0.25) is 0 Å². The van der Waals surface area contributed by atoms with E-state index in [1.54, 1.807) is 0 Å². The molecular weight excluding hydrogens is 615 g/mol. The number of nitrogens with zero attached hydrogens (tertiary/aromatic N) is 1. The van der Waals surface area contributed by atoms with E-state index in [2.05, 4.69) is 206 Å². The average molecular weight is 654 g/mol. The Balaban J connectivity index is 1.24. The highest BCUT2D eigenvalue weighted by Crippen LogP contribution is 2.58. The van der Waals surface area contributed by atoms with Crippen molar-refractivity contribution in [3.63, 3.8) is 0 Å². The number of hydrogen-bond donors (Lipinski definition) is 0. The summed E-state index contributed by atoms with van der Waals surface area (Å²) in [4.78, 5) is 2.42. The molecule has 0 saturated heterocycles. The normalized spacial score (nSPS) is 14.2. The van der Waals surface area contributed by atoms with Gasteiger partial charge in [0.05, 0.1) is 5.41 Å². The van der Waals surface area contributed by atoms with Crippen molar-refractivity contribution in [2.75, 3.05) is 4.90 Å². The predicted octanol–water partition coefficient (Wildman–Crippen LogP) is 13.3. The van der Waals surface area contributed by atoms with Crippen LogP contribution in [0.5, 0.6) is 0 Å². The topological polar surface area (TPSA) is 3.24 Å². The molecule has 0 unspecified atom stereocenters. The van der Waals surface area contributed by atoms with Crippen LogP contribution >= 0.6 is 0 Å². The Labute approximate surface area is 301 Å². The number of hydrogen-bond acceptors (Lipinski definition) is 1. The van der Waals surface area contributed by atoms with Gasteiger partial charge in [-0.05, 0) is 112 Å². The van der Waals surface area contributed by atoms with Gasteiger partial charge in [0.1, 0.15) is 0 Å². The summed E-state index contributed by atoms with van der Waals surface area (Å²) < 4.78 is 0. The summed E-state index contributed by atoms with van der Waals surface area (Å²) in [5, 5.41) is 0. The molecular formula is C50H39N. The summed E-state index contributed by atoms with van der Waals surface area (Å²) >= 11 is 0. The Morgan fingerprint density at radius 1 is 0.471 bits per heavy atom. The lowest BCUT2D eigenvalue weighted by molar-refractivity contribution is 0.696. The molecule has 0 radical (unpaired) electrons. The Kier molecular flexibility index (Phi) is 7.82. The predicted molar refractivity (Wildman–Crippen MR) is 215 cm³/mol. The van der Waals surface area contributed by atoms with Gasteiger partial charge < -0.3 is 4.90 Å². The first-order valence-electron chi connectivity index (χ1n) is 18.0. The molecule has 0 amide bonds.